The molecule has 156 valence electrons. The molecule has 3 aromatic carbocycles. The number of hydrogen-bond donors (Lipinski definition) is 3. The van der Waals surface area contributed by atoms with Crippen molar-refractivity contribution in [1.29, 1.82) is 0 Å². The van der Waals surface area contributed by atoms with E-state index in [0.29, 0.717) is 28.3 Å². The molecule has 0 fully saturated rings. The lowest BCUT2D eigenvalue weighted by Gasteiger charge is -2.29. The van der Waals surface area contributed by atoms with Gasteiger partial charge in [0.2, 0.25) is 11.8 Å². The van der Waals surface area contributed by atoms with Crippen LogP contribution in [-0.2, 0) is 9.59 Å². The van der Waals surface area contributed by atoms with Crippen molar-refractivity contribution in [3.05, 3.63) is 83.9 Å². The van der Waals surface area contributed by atoms with Crippen LogP contribution in [0.4, 0.5) is 22.7 Å². The van der Waals surface area contributed by atoms with E-state index in [1.807, 2.05) is 37.3 Å². The minimum Gasteiger partial charge on any atom is -0.375 e. The highest BCUT2D eigenvalue weighted by atomic mass is 16.2. The molecule has 0 unspecified atom stereocenters. The molecule has 0 aromatic heterocycles. The number of hydrogen-bond acceptors (Lipinski definition) is 4. The molecular weight excluding hydrogens is 392 g/mol. The first-order valence-corrected chi connectivity index (χ1v) is 9.91. The number of anilines is 4. The first kappa shape index (κ1) is 20.2. The topological polar surface area (TPSA) is 90.5 Å². The average Bonchev–Trinajstić information content (AvgIpc) is 2.78. The summed E-state index contributed by atoms with van der Waals surface area (Å²) < 4.78 is 0. The van der Waals surface area contributed by atoms with Gasteiger partial charge in [0.15, 0.2) is 0 Å². The van der Waals surface area contributed by atoms with E-state index in [-0.39, 0.29) is 30.8 Å². The second-order valence-electron chi connectivity index (χ2n) is 7.26. The Morgan fingerprint density at radius 1 is 0.968 bits per heavy atom. The zero-order valence-electron chi connectivity index (χ0n) is 17.0. The number of carbonyl (C=O) groups excluding carboxylic acids is 3. The van der Waals surface area contributed by atoms with Crippen molar-refractivity contribution in [2.45, 2.75) is 6.92 Å². The molecule has 0 saturated carbocycles. The van der Waals surface area contributed by atoms with Crippen LogP contribution in [0.1, 0.15) is 15.9 Å². The predicted octanol–water partition coefficient (Wildman–Crippen LogP) is 3.64. The number of benzene rings is 3. The van der Waals surface area contributed by atoms with E-state index in [1.165, 1.54) is 4.90 Å². The van der Waals surface area contributed by atoms with E-state index in [2.05, 4.69) is 16.0 Å². The third-order valence-corrected chi connectivity index (χ3v) is 4.98. The minimum atomic E-state index is -0.276. The summed E-state index contributed by atoms with van der Waals surface area (Å²) in [7, 11) is 0. The highest BCUT2D eigenvalue weighted by Crippen LogP contribution is 2.29. The fraction of sp³-hybridized carbons (Fsp3) is 0.125. The molecule has 1 aliphatic rings. The molecule has 7 heteroatoms. The van der Waals surface area contributed by atoms with E-state index in [4.69, 9.17) is 0 Å². The lowest BCUT2D eigenvalue weighted by Crippen LogP contribution is -2.44. The molecule has 7 nitrogen and oxygen atoms in total. The zero-order valence-corrected chi connectivity index (χ0v) is 17.0. The second-order valence-corrected chi connectivity index (χ2v) is 7.26. The molecule has 0 aliphatic carbocycles. The number of amides is 3. The minimum absolute atomic E-state index is 0.0485. The molecule has 0 radical (unpaired) electrons. The van der Waals surface area contributed by atoms with Gasteiger partial charge in [-0.2, -0.15) is 0 Å². The van der Waals surface area contributed by atoms with Gasteiger partial charge in [0, 0.05) is 11.4 Å². The predicted molar refractivity (Wildman–Crippen MR) is 121 cm³/mol. The van der Waals surface area contributed by atoms with E-state index in [1.54, 1.807) is 42.5 Å². The Morgan fingerprint density at radius 3 is 2.48 bits per heavy atom. The van der Waals surface area contributed by atoms with Crippen molar-refractivity contribution >= 4 is 40.5 Å². The van der Waals surface area contributed by atoms with Gasteiger partial charge in [0.05, 0.1) is 23.5 Å². The standard InChI is InChI=1S/C24H22N4O3/c1-16-10-12-17(13-11-16)26-24(31)18-6-2-3-7-19(18)25-14-23(30)28-15-22(29)27-20-8-4-5-9-21(20)28/h2-13,25H,14-15H2,1H3,(H,26,31)(H,27,29). The summed E-state index contributed by atoms with van der Waals surface area (Å²) in [6, 6.07) is 21.7. The summed E-state index contributed by atoms with van der Waals surface area (Å²) >= 11 is 0. The van der Waals surface area contributed by atoms with Crippen molar-refractivity contribution in [2.75, 3.05) is 33.9 Å². The van der Waals surface area contributed by atoms with Crippen molar-refractivity contribution in [1.82, 2.24) is 0 Å². The monoisotopic (exact) mass is 414 g/mol. The fourth-order valence-corrected chi connectivity index (χ4v) is 3.39. The van der Waals surface area contributed by atoms with Crippen LogP contribution in [0.2, 0.25) is 0 Å². The summed E-state index contributed by atoms with van der Waals surface area (Å²) in [5.41, 5.74) is 4.01. The highest BCUT2D eigenvalue weighted by Gasteiger charge is 2.26. The van der Waals surface area contributed by atoms with Gasteiger partial charge in [-0.25, -0.2) is 0 Å². The molecular formula is C24H22N4O3. The Morgan fingerprint density at radius 2 is 1.68 bits per heavy atom. The molecule has 0 bridgehead atoms. The zero-order chi connectivity index (χ0) is 21.8. The lowest BCUT2D eigenvalue weighted by molar-refractivity contribution is -0.120. The number of fused-ring (bicyclic) bond motifs is 1. The number of aryl methyl sites for hydroxylation is 1. The van der Waals surface area contributed by atoms with E-state index >= 15 is 0 Å². The first-order chi connectivity index (χ1) is 15.0. The van der Waals surface area contributed by atoms with Gasteiger partial charge in [-0.1, -0.05) is 42.0 Å². The largest absolute Gasteiger partial charge is 0.375 e. The Labute approximate surface area is 180 Å². The van der Waals surface area contributed by atoms with Crippen LogP contribution >= 0.6 is 0 Å². The lowest BCUT2D eigenvalue weighted by atomic mass is 10.1. The van der Waals surface area contributed by atoms with Crippen molar-refractivity contribution in [3.8, 4) is 0 Å². The SMILES string of the molecule is Cc1ccc(NC(=O)c2ccccc2NCC(=O)N2CC(=O)Nc3ccccc32)cc1. The van der Waals surface area contributed by atoms with Crippen molar-refractivity contribution in [2.24, 2.45) is 0 Å². The van der Waals surface area contributed by atoms with E-state index in [9.17, 15) is 14.4 Å². The van der Waals surface area contributed by atoms with Gasteiger partial charge in [-0.15, -0.1) is 0 Å². The molecule has 31 heavy (non-hydrogen) atoms. The number of nitrogens with zero attached hydrogens (tertiary/aromatic N) is 1. The molecule has 1 aliphatic heterocycles. The maximum Gasteiger partial charge on any atom is 0.257 e. The summed E-state index contributed by atoms with van der Waals surface area (Å²) in [6.07, 6.45) is 0. The first-order valence-electron chi connectivity index (χ1n) is 9.91. The van der Waals surface area contributed by atoms with Gasteiger partial charge >= 0.3 is 0 Å². The molecule has 4 rings (SSSR count). The Balaban J connectivity index is 1.47. The average molecular weight is 414 g/mol. The molecule has 0 spiro atoms. The molecule has 3 N–H and O–H groups in total. The molecule has 0 saturated heterocycles. The van der Waals surface area contributed by atoms with Crippen LogP contribution in [-0.4, -0.2) is 30.8 Å². The van der Waals surface area contributed by atoms with Crippen molar-refractivity contribution in [3.63, 3.8) is 0 Å². The summed E-state index contributed by atoms with van der Waals surface area (Å²) in [5.74, 6) is -0.789. The van der Waals surface area contributed by atoms with Gasteiger partial charge < -0.3 is 16.0 Å². The highest BCUT2D eigenvalue weighted by molar-refractivity contribution is 6.11. The number of carbonyl (C=O) groups is 3. The Kier molecular flexibility index (Phi) is 5.66. The van der Waals surface area contributed by atoms with Crippen LogP contribution in [0.25, 0.3) is 0 Å². The van der Waals surface area contributed by atoms with Crippen LogP contribution in [0, 0.1) is 6.92 Å². The van der Waals surface area contributed by atoms with Gasteiger partial charge in [-0.05, 0) is 43.3 Å². The summed E-state index contributed by atoms with van der Waals surface area (Å²) in [5, 5.41) is 8.68. The Bertz CT molecular complexity index is 1140. The van der Waals surface area contributed by atoms with Crippen LogP contribution in [0.15, 0.2) is 72.8 Å². The van der Waals surface area contributed by atoms with Crippen LogP contribution < -0.4 is 20.9 Å². The maximum absolute atomic E-state index is 12.9. The van der Waals surface area contributed by atoms with Crippen molar-refractivity contribution < 1.29 is 14.4 Å². The second kappa shape index (κ2) is 8.71. The summed E-state index contributed by atoms with van der Waals surface area (Å²) in [4.78, 5) is 39.1. The van der Waals surface area contributed by atoms with E-state index < -0.39 is 0 Å². The van der Waals surface area contributed by atoms with Gasteiger partial charge in [0.25, 0.3) is 5.91 Å². The normalized spacial score (nSPS) is 12.5. The van der Waals surface area contributed by atoms with Crippen LogP contribution in [0.5, 0.6) is 0 Å². The molecule has 0 atom stereocenters. The number of para-hydroxylation sites is 3. The summed E-state index contributed by atoms with van der Waals surface area (Å²) in [6.45, 7) is 1.87. The smallest absolute Gasteiger partial charge is 0.257 e. The quantitative estimate of drug-likeness (QED) is 0.595. The number of nitrogens with one attached hydrogen (secondary N) is 3. The van der Waals surface area contributed by atoms with Gasteiger partial charge in [0.1, 0.15) is 6.54 Å². The fourth-order valence-electron chi connectivity index (χ4n) is 3.39. The third-order valence-electron chi connectivity index (χ3n) is 4.98. The molecule has 1 heterocycles. The molecule has 3 amide bonds. The van der Waals surface area contributed by atoms with E-state index in [0.717, 1.165) is 5.56 Å². The Hall–Kier alpha value is -4.13. The molecule has 3 aromatic rings. The maximum atomic E-state index is 12.9. The third kappa shape index (κ3) is 4.56. The van der Waals surface area contributed by atoms with Gasteiger partial charge in [-0.3, -0.25) is 19.3 Å². The number of rotatable bonds is 5. The van der Waals surface area contributed by atoms with Crippen LogP contribution in [0.3, 0.4) is 0 Å².